The zero-order valence-corrected chi connectivity index (χ0v) is 16.1. The van der Waals surface area contributed by atoms with E-state index in [-0.39, 0.29) is 5.91 Å². The van der Waals surface area contributed by atoms with Gasteiger partial charge in [0.05, 0.1) is 11.9 Å². The van der Waals surface area contributed by atoms with E-state index in [1.54, 1.807) is 12.3 Å². The minimum absolute atomic E-state index is 0.326. The third-order valence-electron chi connectivity index (χ3n) is 4.61. The molecule has 0 fully saturated rings. The standard InChI is InChI=1S/C22H24N4O/c1-14(2)18-9-6-17(7-10-18)13-23-26-22(27)21-12-20(24-25-21)19-8-5-15(3)16(4)11-19/h5-14H,1-4H3,(H,24,25)(H,26,27). The largest absolute Gasteiger partial charge is 0.289 e. The lowest BCUT2D eigenvalue weighted by Crippen LogP contribution is -2.18. The molecule has 0 saturated heterocycles. The minimum Gasteiger partial charge on any atom is -0.272 e. The summed E-state index contributed by atoms with van der Waals surface area (Å²) in [5, 5.41) is 11.0. The lowest BCUT2D eigenvalue weighted by atomic mass is 10.0. The number of aromatic amines is 1. The van der Waals surface area contributed by atoms with Crippen LogP contribution in [0.25, 0.3) is 11.3 Å². The quantitative estimate of drug-likeness (QED) is 0.516. The predicted octanol–water partition coefficient (Wildman–Crippen LogP) is 4.58. The molecule has 5 heteroatoms. The number of hydrazone groups is 1. The zero-order valence-electron chi connectivity index (χ0n) is 16.1. The third kappa shape index (κ3) is 4.50. The van der Waals surface area contributed by atoms with Crippen LogP contribution in [0.2, 0.25) is 0 Å². The number of amides is 1. The number of H-pyrrole nitrogens is 1. The first kappa shape index (κ1) is 18.6. The van der Waals surface area contributed by atoms with E-state index < -0.39 is 0 Å². The number of benzene rings is 2. The lowest BCUT2D eigenvalue weighted by Gasteiger charge is -2.04. The molecule has 138 valence electrons. The Morgan fingerprint density at radius 2 is 1.81 bits per heavy atom. The van der Waals surface area contributed by atoms with Gasteiger partial charge >= 0.3 is 0 Å². The molecule has 1 heterocycles. The van der Waals surface area contributed by atoms with Gasteiger partial charge in [0.1, 0.15) is 5.69 Å². The van der Waals surface area contributed by atoms with E-state index in [4.69, 9.17) is 0 Å². The topological polar surface area (TPSA) is 70.1 Å². The second-order valence-corrected chi connectivity index (χ2v) is 6.99. The highest BCUT2D eigenvalue weighted by molar-refractivity contribution is 5.94. The summed E-state index contributed by atoms with van der Waals surface area (Å²) in [6.07, 6.45) is 1.63. The number of aromatic nitrogens is 2. The average molecular weight is 360 g/mol. The Hall–Kier alpha value is -3.21. The maximum Gasteiger partial charge on any atom is 0.289 e. The molecule has 3 rings (SSSR count). The van der Waals surface area contributed by atoms with Crippen molar-refractivity contribution in [1.82, 2.24) is 15.6 Å². The summed E-state index contributed by atoms with van der Waals surface area (Å²) in [6, 6.07) is 15.9. The molecule has 0 radical (unpaired) electrons. The van der Waals surface area contributed by atoms with Crippen molar-refractivity contribution in [2.75, 3.05) is 0 Å². The number of nitrogens with zero attached hydrogens (tertiary/aromatic N) is 2. The first-order valence-corrected chi connectivity index (χ1v) is 9.00. The summed E-state index contributed by atoms with van der Waals surface area (Å²) >= 11 is 0. The molecule has 3 aromatic rings. The van der Waals surface area contributed by atoms with Crippen LogP contribution < -0.4 is 5.43 Å². The van der Waals surface area contributed by atoms with E-state index in [2.05, 4.69) is 66.6 Å². The fourth-order valence-electron chi connectivity index (χ4n) is 2.68. The summed E-state index contributed by atoms with van der Waals surface area (Å²) in [7, 11) is 0. The van der Waals surface area contributed by atoms with Crippen LogP contribution in [0.4, 0.5) is 0 Å². The van der Waals surface area contributed by atoms with Gasteiger partial charge in [-0.05, 0) is 54.2 Å². The molecule has 0 aliphatic heterocycles. The van der Waals surface area contributed by atoms with E-state index in [9.17, 15) is 4.79 Å². The first-order chi connectivity index (χ1) is 12.9. The van der Waals surface area contributed by atoms with Crippen molar-refractivity contribution in [2.24, 2.45) is 5.10 Å². The molecule has 0 atom stereocenters. The molecule has 27 heavy (non-hydrogen) atoms. The molecule has 1 amide bonds. The molecule has 5 nitrogen and oxygen atoms in total. The van der Waals surface area contributed by atoms with Crippen LogP contribution in [0.1, 0.15) is 52.5 Å². The van der Waals surface area contributed by atoms with Crippen molar-refractivity contribution in [1.29, 1.82) is 0 Å². The summed E-state index contributed by atoms with van der Waals surface area (Å²) in [6.45, 7) is 8.43. The van der Waals surface area contributed by atoms with E-state index in [0.29, 0.717) is 11.6 Å². The van der Waals surface area contributed by atoms with Gasteiger partial charge in [-0.1, -0.05) is 50.2 Å². The highest BCUT2D eigenvalue weighted by atomic mass is 16.2. The summed E-state index contributed by atoms with van der Waals surface area (Å²) in [4.78, 5) is 12.2. The molecular weight excluding hydrogens is 336 g/mol. The van der Waals surface area contributed by atoms with E-state index in [1.807, 2.05) is 24.3 Å². The summed E-state index contributed by atoms with van der Waals surface area (Å²) in [5.41, 5.74) is 9.22. The Morgan fingerprint density at radius 3 is 2.48 bits per heavy atom. The molecular formula is C22H24N4O. The molecule has 0 spiro atoms. The maximum absolute atomic E-state index is 12.2. The Bertz CT molecular complexity index is 968. The van der Waals surface area contributed by atoms with Crippen molar-refractivity contribution in [3.63, 3.8) is 0 Å². The molecule has 0 saturated carbocycles. The van der Waals surface area contributed by atoms with Crippen LogP contribution in [0.5, 0.6) is 0 Å². The van der Waals surface area contributed by atoms with Gasteiger partial charge in [0.2, 0.25) is 0 Å². The van der Waals surface area contributed by atoms with Gasteiger partial charge in [0, 0.05) is 5.56 Å². The van der Waals surface area contributed by atoms with E-state index in [1.165, 1.54) is 16.7 Å². The van der Waals surface area contributed by atoms with Crippen molar-refractivity contribution >= 4 is 12.1 Å². The van der Waals surface area contributed by atoms with Crippen molar-refractivity contribution < 1.29 is 4.79 Å². The number of hydrogen-bond donors (Lipinski definition) is 2. The number of carbonyl (C=O) groups excluding carboxylic acids is 1. The monoisotopic (exact) mass is 360 g/mol. The van der Waals surface area contributed by atoms with Crippen LogP contribution in [-0.2, 0) is 0 Å². The number of rotatable bonds is 5. The SMILES string of the molecule is Cc1ccc(-c2cc(C(=O)NN=Cc3ccc(C(C)C)cc3)[nH]n2)cc1C. The van der Waals surface area contributed by atoms with Gasteiger partial charge < -0.3 is 0 Å². The van der Waals surface area contributed by atoms with Crippen LogP contribution in [-0.4, -0.2) is 22.3 Å². The Balaban J connectivity index is 1.64. The fourth-order valence-corrected chi connectivity index (χ4v) is 2.68. The molecule has 1 aromatic heterocycles. The van der Waals surface area contributed by atoms with Crippen LogP contribution in [0.15, 0.2) is 53.6 Å². The third-order valence-corrected chi connectivity index (χ3v) is 4.61. The molecule has 0 bridgehead atoms. The van der Waals surface area contributed by atoms with Gasteiger partial charge in [0.15, 0.2) is 0 Å². The minimum atomic E-state index is -0.326. The highest BCUT2D eigenvalue weighted by Gasteiger charge is 2.10. The summed E-state index contributed by atoms with van der Waals surface area (Å²) < 4.78 is 0. The summed E-state index contributed by atoms with van der Waals surface area (Å²) in [5.74, 6) is 0.162. The molecule has 0 aliphatic carbocycles. The Morgan fingerprint density at radius 1 is 1.07 bits per heavy atom. The van der Waals surface area contributed by atoms with E-state index >= 15 is 0 Å². The van der Waals surface area contributed by atoms with Crippen LogP contribution >= 0.6 is 0 Å². The second kappa shape index (κ2) is 7.99. The van der Waals surface area contributed by atoms with Crippen LogP contribution in [0.3, 0.4) is 0 Å². The van der Waals surface area contributed by atoms with Gasteiger partial charge in [-0.3, -0.25) is 9.89 Å². The fraction of sp³-hybridized carbons (Fsp3) is 0.227. The van der Waals surface area contributed by atoms with Gasteiger partial charge in [-0.2, -0.15) is 10.2 Å². The van der Waals surface area contributed by atoms with Crippen molar-refractivity contribution in [2.45, 2.75) is 33.6 Å². The normalized spacial score (nSPS) is 11.3. The molecule has 2 N–H and O–H groups in total. The van der Waals surface area contributed by atoms with E-state index in [0.717, 1.165) is 16.8 Å². The van der Waals surface area contributed by atoms with Crippen molar-refractivity contribution in [3.8, 4) is 11.3 Å². The average Bonchev–Trinajstić information content (AvgIpc) is 3.14. The van der Waals surface area contributed by atoms with Gasteiger partial charge in [-0.25, -0.2) is 5.43 Å². The zero-order chi connectivity index (χ0) is 19.4. The predicted molar refractivity (Wildman–Crippen MR) is 109 cm³/mol. The number of nitrogens with one attached hydrogen (secondary N) is 2. The number of hydrogen-bond acceptors (Lipinski definition) is 3. The maximum atomic E-state index is 12.2. The Labute approximate surface area is 159 Å². The lowest BCUT2D eigenvalue weighted by molar-refractivity contribution is 0.0950. The van der Waals surface area contributed by atoms with Gasteiger partial charge in [-0.15, -0.1) is 0 Å². The molecule has 0 aliphatic rings. The first-order valence-electron chi connectivity index (χ1n) is 9.00. The molecule has 2 aromatic carbocycles. The number of carbonyl (C=O) groups is 1. The van der Waals surface area contributed by atoms with Gasteiger partial charge in [0.25, 0.3) is 5.91 Å². The second-order valence-electron chi connectivity index (χ2n) is 6.99. The van der Waals surface area contributed by atoms with Crippen molar-refractivity contribution in [3.05, 3.63) is 76.5 Å². The highest BCUT2D eigenvalue weighted by Crippen LogP contribution is 2.21. The number of aryl methyl sites for hydroxylation is 2. The van der Waals surface area contributed by atoms with Crippen LogP contribution in [0, 0.1) is 13.8 Å². The molecule has 0 unspecified atom stereocenters. The smallest absolute Gasteiger partial charge is 0.272 e. The Kier molecular flexibility index (Phi) is 5.50.